The number of carbonyl (C=O) groups is 2. The maximum absolute atomic E-state index is 12.4. The van der Waals surface area contributed by atoms with E-state index in [1.807, 2.05) is 20.8 Å². The summed E-state index contributed by atoms with van der Waals surface area (Å²) in [4.78, 5) is 24.6. The first-order valence-electron chi connectivity index (χ1n) is 6.53. The molecule has 0 saturated carbocycles. The first kappa shape index (κ1) is 17.8. The van der Waals surface area contributed by atoms with Gasteiger partial charge in [0.15, 0.2) is 0 Å². The third-order valence-electron chi connectivity index (χ3n) is 2.83. The molecule has 2 N–H and O–H groups in total. The predicted octanol–water partition coefficient (Wildman–Crippen LogP) is 3.87. The predicted molar refractivity (Wildman–Crippen MR) is 86.8 cm³/mol. The average molecular weight is 331 g/mol. The van der Waals surface area contributed by atoms with E-state index in [1.165, 1.54) is 0 Å². The van der Waals surface area contributed by atoms with Crippen LogP contribution in [-0.4, -0.2) is 17.4 Å². The molecule has 116 valence electrons. The first-order valence-corrected chi connectivity index (χ1v) is 7.29. The third kappa shape index (κ3) is 4.61. The monoisotopic (exact) mass is 330 g/mol. The summed E-state index contributed by atoms with van der Waals surface area (Å²) in [5, 5.41) is 6.06. The van der Waals surface area contributed by atoms with E-state index in [-0.39, 0.29) is 5.91 Å². The molecule has 0 aliphatic heterocycles. The van der Waals surface area contributed by atoms with E-state index in [0.29, 0.717) is 15.7 Å². The maximum Gasteiger partial charge on any atom is 0.239 e. The van der Waals surface area contributed by atoms with Crippen molar-refractivity contribution in [3.8, 4) is 0 Å². The van der Waals surface area contributed by atoms with Gasteiger partial charge in [0.1, 0.15) is 5.41 Å². The lowest BCUT2D eigenvalue weighted by atomic mass is 9.89. The fourth-order valence-corrected chi connectivity index (χ4v) is 1.98. The van der Waals surface area contributed by atoms with E-state index >= 15 is 0 Å². The lowest BCUT2D eigenvalue weighted by Crippen LogP contribution is -2.51. The Morgan fingerprint density at radius 1 is 0.952 bits per heavy atom. The Kier molecular flexibility index (Phi) is 5.29. The Labute approximate surface area is 135 Å². The van der Waals surface area contributed by atoms with Gasteiger partial charge in [0.2, 0.25) is 11.8 Å². The highest BCUT2D eigenvalue weighted by Crippen LogP contribution is 2.31. The quantitative estimate of drug-likeness (QED) is 0.826. The maximum atomic E-state index is 12.4. The van der Waals surface area contributed by atoms with Gasteiger partial charge >= 0.3 is 0 Å². The van der Waals surface area contributed by atoms with Crippen LogP contribution in [0.25, 0.3) is 0 Å². The van der Waals surface area contributed by atoms with Gasteiger partial charge in [-0.3, -0.25) is 9.59 Å². The summed E-state index contributed by atoms with van der Waals surface area (Å²) in [5.74, 6) is -0.838. The second-order valence-corrected chi connectivity index (χ2v) is 7.19. The smallest absolute Gasteiger partial charge is 0.239 e. The second kappa shape index (κ2) is 6.24. The highest BCUT2D eigenvalue weighted by atomic mass is 35.5. The van der Waals surface area contributed by atoms with Gasteiger partial charge in [0, 0.05) is 5.54 Å². The Morgan fingerprint density at radius 3 is 1.86 bits per heavy atom. The molecule has 0 radical (unpaired) electrons. The SMILES string of the molecule is CC(C)(C)NC(=O)C(C)(C)C(=O)Nc1c(Cl)cccc1Cl. The molecule has 0 heterocycles. The standard InChI is InChI=1S/C15H20Cl2N2O2/c1-14(2,3)19-13(21)15(4,5)12(20)18-11-9(16)7-6-8-10(11)17/h6-8H,1-5H3,(H,18,20)(H,19,21). The van der Waals surface area contributed by atoms with Gasteiger partial charge in [0.05, 0.1) is 15.7 Å². The summed E-state index contributed by atoms with van der Waals surface area (Å²) in [6.45, 7) is 8.65. The topological polar surface area (TPSA) is 58.2 Å². The average Bonchev–Trinajstić information content (AvgIpc) is 2.31. The highest BCUT2D eigenvalue weighted by molar-refractivity contribution is 6.40. The van der Waals surface area contributed by atoms with Crippen LogP contribution in [0.2, 0.25) is 10.0 Å². The van der Waals surface area contributed by atoms with Crippen molar-refractivity contribution < 1.29 is 9.59 Å². The van der Waals surface area contributed by atoms with Crippen LogP contribution in [0.4, 0.5) is 5.69 Å². The minimum Gasteiger partial charge on any atom is -0.351 e. The molecule has 21 heavy (non-hydrogen) atoms. The fraction of sp³-hybridized carbons (Fsp3) is 0.467. The van der Waals surface area contributed by atoms with Crippen LogP contribution < -0.4 is 10.6 Å². The zero-order valence-electron chi connectivity index (χ0n) is 12.8. The molecule has 2 amide bonds. The molecule has 4 nitrogen and oxygen atoms in total. The van der Waals surface area contributed by atoms with Gasteiger partial charge in [-0.1, -0.05) is 29.3 Å². The summed E-state index contributed by atoms with van der Waals surface area (Å²) in [6.07, 6.45) is 0. The minimum atomic E-state index is -1.25. The summed E-state index contributed by atoms with van der Waals surface area (Å²) in [6, 6.07) is 4.91. The van der Waals surface area contributed by atoms with Crippen molar-refractivity contribution in [1.82, 2.24) is 5.32 Å². The van der Waals surface area contributed by atoms with Crippen molar-refractivity contribution in [2.75, 3.05) is 5.32 Å². The Hall–Kier alpha value is -1.26. The molecule has 0 unspecified atom stereocenters. The van der Waals surface area contributed by atoms with Crippen molar-refractivity contribution in [1.29, 1.82) is 0 Å². The van der Waals surface area contributed by atoms with E-state index in [2.05, 4.69) is 10.6 Å². The third-order valence-corrected chi connectivity index (χ3v) is 3.46. The van der Waals surface area contributed by atoms with Crippen molar-refractivity contribution in [3.05, 3.63) is 28.2 Å². The molecule has 0 aromatic heterocycles. The van der Waals surface area contributed by atoms with Gasteiger partial charge in [-0.2, -0.15) is 0 Å². The molecule has 0 aliphatic carbocycles. The fourth-order valence-electron chi connectivity index (χ4n) is 1.49. The molecule has 0 atom stereocenters. The number of hydrogen-bond acceptors (Lipinski definition) is 2. The Morgan fingerprint density at radius 2 is 1.43 bits per heavy atom. The number of nitrogens with one attached hydrogen (secondary N) is 2. The van der Waals surface area contributed by atoms with Gasteiger partial charge in [0.25, 0.3) is 0 Å². The van der Waals surface area contributed by atoms with Gasteiger partial charge in [-0.25, -0.2) is 0 Å². The largest absolute Gasteiger partial charge is 0.351 e. The number of amides is 2. The van der Waals surface area contributed by atoms with E-state index in [9.17, 15) is 9.59 Å². The van der Waals surface area contributed by atoms with E-state index in [1.54, 1.807) is 32.0 Å². The minimum absolute atomic E-state index is 0.308. The number of hydrogen-bond donors (Lipinski definition) is 2. The molecular formula is C15H20Cl2N2O2. The number of benzene rings is 1. The van der Waals surface area contributed by atoms with Crippen LogP contribution in [-0.2, 0) is 9.59 Å². The number of para-hydroxylation sites is 1. The Balaban J connectivity index is 2.94. The van der Waals surface area contributed by atoms with Crippen LogP contribution in [0.1, 0.15) is 34.6 Å². The normalized spacial score (nSPS) is 12.0. The van der Waals surface area contributed by atoms with Crippen molar-refractivity contribution in [2.24, 2.45) is 5.41 Å². The first-order chi connectivity index (χ1) is 9.45. The van der Waals surface area contributed by atoms with Crippen molar-refractivity contribution >= 4 is 40.7 Å². The molecule has 1 aromatic rings. The Bertz CT molecular complexity index is 543. The zero-order chi connectivity index (χ0) is 16.4. The zero-order valence-corrected chi connectivity index (χ0v) is 14.3. The van der Waals surface area contributed by atoms with Gasteiger partial charge < -0.3 is 10.6 Å². The number of halogens is 2. The molecule has 0 saturated heterocycles. The summed E-state index contributed by atoms with van der Waals surface area (Å²) in [7, 11) is 0. The van der Waals surface area contributed by atoms with Crippen LogP contribution in [0.3, 0.4) is 0 Å². The van der Waals surface area contributed by atoms with Crippen LogP contribution in [0.5, 0.6) is 0 Å². The van der Waals surface area contributed by atoms with Crippen LogP contribution in [0.15, 0.2) is 18.2 Å². The van der Waals surface area contributed by atoms with E-state index < -0.39 is 16.9 Å². The molecular weight excluding hydrogens is 311 g/mol. The van der Waals surface area contributed by atoms with E-state index in [0.717, 1.165) is 0 Å². The summed E-state index contributed by atoms with van der Waals surface area (Å²) >= 11 is 12.0. The van der Waals surface area contributed by atoms with Gasteiger partial charge in [-0.15, -0.1) is 0 Å². The molecule has 0 fully saturated rings. The second-order valence-electron chi connectivity index (χ2n) is 6.38. The van der Waals surface area contributed by atoms with Gasteiger partial charge in [-0.05, 0) is 46.8 Å². The van der Waals surface area contributed by atoms with Crippen molar-refractivity contribution in [3.63, 3.8) is 0 Å². The summed E-state index contributed by atoms with van der Waals surface area (Å²) < 4.78 is 0. The lowest BCUT2D eigenvalue weighted by Gasteiger charge is -2.28. The molecule has 0 bridgehead atoms. The molecule has 0 aliphatic rings. The highest BCUT2D eigenvalue weighted by Gasteiger charge is 2.38. The summed E-state index contributed by atoms with van der Waals surface area (Å²) in [5.41, 5.74) is -1.37. The number of anilines is 1. The molecule has 1 rings (SSSR count). The lowest BCUT2D eigenvalue weighted by molar-refractivity contribution is -0.139. The molecule has 1 aromatic carbocycles. The van der Waals surface area contributed by atoms with Crippen LogP contribution >= 0.6 is 23.2 Å². The molecule has 0 spiro atoms. The van der Waals surface area contributed by atoms with E-state index in [4.69, 9.17) is 23.2 Å². The van der Waals surface area contributed by atoms with Crippen LogP contribution in [0, 0.1) is 5.41 Å². The number of rotatable bonds is 3. The van der Waals surface area contributed by atoms with Crippen molar-refractivity contribution in [2.45, 2.75) is 40.2 Å². The molecule has 6 heteroatoms. The number of carbonyl (C=O) groups excluding carboxylic acids is 2.